The van der Waals surface area contributed by atoms with Gasteiger partial charge in [0.05, 0.1) is 10.8 Å². The summed E-state index contributed by atoms with van der Waals surface area (Å²) in [4.78, 5) is 0. The molecule has 3 nitrogen and oxygen atoms in total. The Kier molecular flexibility index (Phi) is 5.44. The number of hydrogen-bond acceptors (Lipinski definition) is 2. The maximum atomic E-state index is 14.1. The maximum absolute atomic E-state index is 14.1. The van der Waals surface area contributed by atoms with Crippen molar-refractivity contribution >= 4 is 10.0 Å². The van der Waals surface area contributed by atoms with Gasteiger partial charge in [-0.3, -0.25) is 0 Å². The molecule has 0 aliphatic heterocycles. The molecule has 0 bridgehead atoms. The summed E-state index contributed by atoms with van der Waals surface area (Å²) < 4.78 is 66.4. The van der Waals surface area contributed by atoms with Crippen molar-refractivity contribution in [2.45, 2.75) is 44.8 Å². The topological polar surface area (TPSA) is 46.2 Å². The highest BCUT2D eigenvalue weighted by molar-refractivity contribution is 7.90. The standard InChI is InChI=1S/C14H20F3NO2S/c1-9(2)21(19,20)18-8-10(3)11-6-5-7-12(13(11)15)14(4,16)17/h5-7,9-10,18H,8H2,1-4H3. The number of rotatable bonds is 6. The van der Waals surface area contributed by atoms with Crippen LogP contribution in [0.4, 0.5) is 13.2 Å². The van der Waals surface area contributed by atoms with Crippen LogP contribution >= 0.6 is 0 Å². The van der Waals surface area contributed by atoms with E-state index in [1.807, 2.05) is 0 Å². The van der Waals surface area contributed by atoms with E-state index in [-0.39, 0.29) is 12.1 Å². The maximum Gasteiger partial charge on any atom is 0.273 e. The van der Waals surface area contributed by atoms with E-state index in [0.717, 1.165) is 6.07 Å². The molecule has 1 rings (SSSR count). The van der Waals surface area contributed by atoms with Gasteiger partial charge in [-0.1, -0.05) is 25.1 Å². The predicted molar refractivity (Wildman–Crippen MR) is 76.4 cm³/mol. The Balaban J connectivity index is 2.97. The second kappa shape index (κ2) is 6.36. The highest BCUT2D eigenvalue weighted by atomic mass is 32.2. The Hall–Kier alpha value is -1.08. The van der Waals surface area contributed by atoms with Crippen molar-refractivity contribution in [3.63, 3.8) is 0 Å². The van der Waals surface area contributed by atoms with E-state index in [2.05, 4.69) is 4.72 Å². The van der Waals surface area contributed by atoms with E-state index < -0.39 is 38.5 Å². The molecule has 1 unspecified atom stereocenters. The van der Waals surface area contributed by atoms with Gasteiger partial charge in [0.15, 0.2) is 0 Å². The average Bonchev–Trinajstić information content (AvgIpc) is 2.34. The average molecular weight is 323 g/mol. The first-order valence-corrected chi connectivity index (χ1v) is 8.16. The van der Waals surface area contributed by atoms with Crippen molar-refractivity contribution < 1.29 is 21.6 Å². The Morgan fingerprint density at radius 3 is 2.29 bits per heavy atom. The van der Waals surface area contributed by atoms with Crippen LogP contribution in [0, 0.1) is 5.82 Å². The summed E-state index contributed by atoms with van der Waals surface area (Å²) in [6, 6.07) is 3.77. The summed E-state index contributed by atoms with van der Waals surface area (Å²) in [5, 5.41) is -0.610. The van der Waals surface area contributed by atoms with E-state index in [4.69, 9.17) is 0 Å². The summed E-state index contributed by atoms with van der Waals surface area (Å²) >= 11 is 0. The third-order valence-electron chi connectivity index (χ3n) is 3.24. The van der Waals surface area contributed by atoms with Gasteiger partial charge in [-0.2, -0.15) is 0 Å². The fraction of sp³-hybridized carbons (Fsp3) is 0.571. The van der Waals surface area contributed by atoms with Crippen LogP contribution in [0.2, 0.25) is 0 Å². The van der Waals surface area contributed by atoms with Gasteiger partial charge >= 0.3 is 0 Å². The molecule has 0 saturated carbocycles. The van der Waals surface area contributed by atoms with Crippen molar-refractivity contribution in [1.29, 1.82) is 0 Å². The summed E-state index contributed by atoms with van der Waals surface area (Å²) in [5.41, 5.74) is -0.612. The molecule has 0 aliphatic rings. The third kappa shape index (κ3) is 4.44. The molecular weight excluding hydrogens is 303 g/mol. The molecule has 0 spiro atoms. The zero-order valence-corrected chi connectivity index (χ0v) is 13.3. The van der Waals surface area contributed by atoms with Gasteiger partial charge in [0.2, 0.25) is 10.0 Å². The van der Waals surface area contributed by atoms with Crippen molar-refractivity contribution in [3.05, 3.63) is 35.1 Å². The van der Waals surface area contributed by atoms with Gasteiger partial charge in [-0.05, 0) is 25.3 Å². The fourth-order valence-electron chi connectivity index (χ4n) is 1.79. The van der Waals surface area contributed by atoms with Crippen LogP contribution in [-0.2, 0) is 15.9 Å². The quantitative estimate of drug-likeness (QED) is 0.872. The Labute approximate surface area is 123 Å². The minimum atomic E-state index is -3.47. The highest BCUT2D eigenvalue weighted by Crippen LogP contribution is 2.32. The SMILES string of the molecule is CC(CNS(=O)(=O)C(C)C)c1cccc(C(C)(F)F)c1F. The van der Waals surface area contributed by atoms with Gasteiger partial charge in [0.1, 0.15) is 5.82 Å². The molecule has 120 valence electrons. The minimum absolute atomic E-state index is 0.0455. The van der Waals surface area contributed by atoms with E-state index in [0.29, 0.717) is 6.92 Å². The molecule has 21 heavy (non-hydrogen) atoms. The van der Waals surface area contributed by atoms with Gasteiger partial charge in [0, 0.05) is 13.5 Å². The van der Waals surface area contributed by atoms with Crippen LogP contribution in [0.5, 0.6) is 0 Å². The summed E-state index contributed by atoms with van der Waals surface area (Å²) in [6.45, 7) is 5.20. The van der Waals surface area contributed by atoms with E-state index in [9.17, 15) is 21.6 Å². The number of alkyl halides is 2. The highest BCUT2D eigenvalue weighted by Gasteiger charge is 2.30. The van der Waals surface area contributed by atoms with Crippen LogP contribution in [0.3, 0.4) is 0 Å². The number of benzene rings is 1. The molecule has 0 heterocycles. The molecule has 0 fully saturated rings. The predicted octanol–water partition coefficient (Wildman–Crippen LogP) is 3.37. The molecule has 1 aromatic rings. The molecular formula is C14H20F3NO2S. The molecule has 0 amide bonds. The zero-order chi connectivity index (χ0) is 16.4. The molecule has 0 saturated heterocycles. The van der Waals surface area contributed by atoms with Crippen molar-refractivity contribution in [2.75, 3.05) is 6.54 Å². The lowest BCUT2D eigenvalue weighted by Gasteiger charge is -2.19. The normalized spacial score (nSPS) is 14.5. The second-order valence-electron chi connectivity index (χ2n) is 5.44. The first kappa shape index (κ1) is 18.0. The minimum Gasteiger partial charge on any atom is -0.214 e. The number of nitrogens with one attached hydrogen (secondary N) is 1. The first-order chi connectivity index (χ1) is 9.47. The summed E-state index contributed by atoms with van der Waals surface area (Å²) in [5.74, 6) is -4.82. The smallest absolute Gasteiger partial charge is 0.214 e. The Morgan fingerprint density at radius 2 is 1.81 bits per heavy atom. The van der Waals surface area contributed by atoms with E-state index in [1.54, 1.807) is 6.92 Å². The molecule has 1 aromatic carbocycles. The largest absolute Gasteiger partial charge is 0.273 e. The number of hydrogen-bond donors (Lipinski definition) is 1. The molecule has 1 N–H and O–H groups in total. The van der Waals surface area contributed by atoms with Crippen molar-refractivity contribution in [1.82, 2.24) is 4.72 Å². The van der Waals surface area contributed by atoms with Crippen LogP contribution in [0.1, 0.15) is 44.7 Å². The lowest BCUT2D eigenvalue weighted by molar-refractivity contribution is 0.0135. The molecule has 0 aliphatic carbocycles. The van der Waals surface area contributed by atoms with Crippen molar-refractivity contribution in [3.8, 4) is 0 Å². The van der Waals surface area contributed by atoms with Gasteiger partial charge in [0.25, 0.3) is 5.92 Å². The second-order valence-corrected chi connectivity index (χ2v) is 7.76. The summed E-state index contributed by atoms with van der Waals surface area (Å²) in [7, 11) is -3.47. The van der Waals surface area contributed by atoms with Crippen LogP contribution in [0.25, 0.3) is 0 Å². The first-order valence-electron chi connectivity index (χ1n) is 6.62. The molecule has 7 heteroatoms. The lowest BCUT2D eigenvalue weighted by Crippen LogP contribution is -2.33. The molecule has 1 atom stereocenters. The van der Waals surface area contributed by atoms with Crippen molar-refractivity contribution in [2.24, 2.45) is 0 Å². The van der Waals surface area contributed by atoms with E-state index in [1.165, 1.54) is 26.0 Å². The third-order valence-corrected chi connectivity index (χ3v) is 5.05. The zero-order valence-electron chi connectivity index (χ0n) is 12.5. The fourth-order valence-corrected chi connectivity index (χ4v) is 2.60. The van der Waals surface area contributed by atoms with Gasteiger partial charge < -0.3 is 0 Å². The van der Waals surface area contributed by atoms with E-state index >= 15 is 0 Å². The Morgan fingerprint density at radius 1 is 1.24 bits per heavy atom. The molecule has 0 aromatic heterocycles. The van der Waals surface area contributed by atoms with Crippen LogP contribution in [-0.4, -0.2) is 20.2 Å². The number of halogens is 3. The monoisotopic (exact) mass is 323 g/mol. The van der Waals surface area contributed by atoms with Gasteiger partial charge in [-0.15, -0.1) is 0 Å². The number of sulfonamides is 1. The summed E-state index contributed by atoms with van der Waals surface area (Å²) in [6.07, 6.45) is 0. The van der Waals surface area contributed by atoms with Crippen LogP contribution < -0.4 is 4.72 Å². The van der Waals surface area contributed by atoms with Crippen LogP contribution in [0.15, 0.2) is 18.2 Å². The van der Waals surface area contributed by atoms with Gasteiger partial charge in [-0.25, -0.2) is 26.3 Å². The molecule has 0 radical (unpaired) electrons. The Bertz CT molecular complexity index is 595. The lowest BCUT2D eigenvalue weighted by atomic mass is 9.96.